The molecule has 0 aromatic heterocycles. The van der Waals surface area contributed by atoms with Gasteiger partial charge in [-0.1, -0.05) is 0 Å². The average molecular weight is 213 g/mol. The Morgan fingerprint density at radius 1 is 1.20 bits per heavy atom. The fourth-order valence-electron chi connectivity index (χ4n) is 0.948. The number of carboxylic acid groups (broad SMARTS) is 1. The summed E-state index contributed by atoms with van der Waals surface area (Å²) < 4.78 is 4.83. The van der Waals surface area contributed by atoms with Gasteiger partial charge < -0.3 is 9.84 Å². The van der Waals surface area contributed by atoms with Gasteiger partial charge >= 0.3 is 11.9 Å². The molecule has 0 amide bonds. The number of hydrogen-bond acceptors (Lipinski definition) is 4. The van der Waals surface area contributed by atoms with Gasteiger partial charge in [-0.15, -0.1) is 0 Å². The Labute approximate surface area is 88.6 Å². The number of aliphatic carboxylic acids is 1. The van der Waals surface area contributed by atoms with Crippen LogP contribution in [0.15, 0.2) is 0 Å². The number of nitriles is 1. The minimum atomic E-state index is -0.906. The highest BCUT2D eigenvalue weighted by molar-refractivity contribution is 5.71. The molecule has 0 aliphatic rings. The van der Waals surface area contributed by atoms with E-state index in [4.69, 9.17) is 15.1 Å². The van der Waals surface area contributed by atoms with Crippen molar-refractivity contribution in [3.63, 3.8) is 0 Å². The van der Waals surface area contributed by atoms with Crippen molar-refractivity contribution in [2.45, 2.75) is 38.5 Å². The Balaban J connectivity index is 3.27. The third kappa shape index (κ3) is 10.4. The molecule has 0 rings (SSSR count). The number of carbonyl (C=O) groups excluding carboxylic acids is 1. The number of unbranched alkanes of at least 4 members (excludes halogenated alkanes) is 2. The molecule has 84 valence electrons. The lowest BCUT2D eigenvalue weighted by molar-refractivity contribution is -0.144. The second-order valence-electron chi connectivity index (χ2n) is 3.08. The zero-order valence-corrected chi connectivity index (χ0v) is 8.57. The second-order valence-corrected chi connectivity index (χ2v) is 3.08. The van der Waals surface area contributed by atoms with Crippen LogP contribution in [0, 0.1) is 11.3 Å². The molecule has 5 nitrogen and oxygen atoms in total. The fourth-order valence-corrected chi connectivity index (χ4v) is 0.948. The molecule has 0 bridgehead atoms. The molecule has 0 unspecified atom stereocenters. The smallest absolute Gasteiger partial charge is 0.305 e. The van der Waals surface area contributed by atoms with Crippen LogP contribution in [0.5, 0.6) is 0 Å². The first-order valence-electron chi connectivity index (χ1n) is 4.91. The van der Waals surface area contributed by atoms with Crippen molar-refractivity contribution in [1.29, 1.82) is 5.26 Å². The molecule has 0 heterocycles. The maximum absolute atomic E-state index is 11.0. The van der Waals surface area contributed by atoms with Gasteiger partial charge in [-0.25, -0.2) is 0 Å². The molecule has 0 saturated heterocycles. The Kier molecular flexibility index (Phi) is 8.06. The summed E-state index contributed by atoms with van der Waals surface area (Å²) in [5.41, 5.74) is 0. The topological polar surface area (TPSA) is 87.4 Å². The van der Waals surface area contributed by atoms with Crippen LogP contribution in [0.25, 0.3) is 0 Å². The number of esters is 1. The van der Waals surface area contributed by atoms with Crippen LogP contribution < -0.4 is 0 Å². The van der Waals surface area contributed by atoms with E-state index in [1.54, 1.807) is 0 Å². The first-order chi connectivity index (χ1) is 7.16. The Morgan fingerprint density at radius 2 is 1.93 bits per heavy atom. The van der Waals surface area contributed by atoms with Crippen LogP contribution in [0.3, 0.4) is 0 Å². The lowest BCUT2D eigenvalue weighted by Gasteiger charge is -2.02. The van der Waals surface area contributed by atoms with Crippen molar-refractivity contribution < 1.29 is 19.4 Å². The predicted molar refractivity (Wildman–Crippen MR) is 51.9 cm³/mol. The first kappa shape index (κ1) is 13.4. The van der Waals surface area contributed by atoms with Gasteiger partial charge in [-0.3, -0.25) is 9.59 Å². The summed E-state index contributed by atoms with van der Waals surface area (Å²) >= 11 is 0. The third-order valence-electron chi connectivity index (χ3n) is 1.72. The molecule has 0 atom stereocenters. The van der Waals surface area contributed by atoms with Gasteiger partial charge in [-0.05, 0) is 19.3 Å². The molecule has 5 heteroatoms. The van der Waals surface area contributed by atoms with E-state index in [0.29, 0.717) is 25.9 Å². The second kappa shape index (κ2) is 9.00. The van der Waals surface area contributed by atoms with E-state index >= 15 is 0 Å². The van der Waals surface area contributed by atoms with Gasteiger partial charge in [0.25, 0.3) is 0 Å². The predicted octanol–water partition coefficient (Wildman–Crippen LogP) is 1.48. The Bertz CT molecular complexity index is 244. The summed E-state index contributed by atoms with van der Waals surface area (Å²) in [6.07, 6.45) is 2.31. The summed E-state index contributed by atoms with van der Waals surface area (Å²) in [7, 11) is 0. The quantitative estimate of drug-likeness (QED) is 0.487. The number of ether oxygens (including phenoxy) is 1. The van der Waals surface area contributed by atoms with E-state index in [2.05, 4.69) is 0 Å². The maximum Gasteiger partial charge on any atom is 0.305 e. The van der Waals surface area contributed by atoms with Crippen molar-refractivity contribution in [3.8, 4) is 6.07 Å². The largest absolute Gasteiger partial charge is 0.481 e. The molecule has 0 aromatic carbocycles. The highest BCUT2D eigenvalue weighted by atomic mass is 16.5. The van der Waals surface area contributed by atoms with Crippen molar-refractivity contribution in [2.75, 3.05) is 6.61 Å². The number of carbonyl (C=O) groups is 2. The summed E-state index contributed by atoms with van der Waals surface area (Å²) in [4.78, 5) is 21.1. The number of carboxylic acids is 1. The normalized spacial score (nSPS) is 9.27. The molecule has 0 aliphatic carbocycles. The van der Waals surface area contributed by atoms with E-state index in [0.717, 1.165) is 6.42 Å². The molecule has 0 fully saturated rings. The van der Waals surface area contributed by atoms with Crippen LogP contribution in [0.1, 0.15) is 38.5 Å². The summed E-state index contributed by atoms with van der Waals surface area (Å²) in [6, 6.07) is 2.00. The number of nitrogens with zero attached hydrogens (tertiary/aromatic N) is 1. The van der Waals surface area contributed by atoms with Crippen LogP contribution in [0.2, 0.25) is 0 Å². The Hall–Kier alpha value is -1.57. The molecular weight excluding hydrogens is 198 g/mol. The van der Waals surface area contributed by atoms with E-state index in [1.807, 2.05) is 6.07 Å². The van der Waals surface area contributed by atoms with Crippen LogP contribution in [-0.2, 0) is 14.3 Å². The molecule has 0 aliphatic heterocycles. The SMILES string of the molecule is N#CCCCCOC(=O)CCCC(=O)O. The van der Waals surface area contributed by atoms with Crippen molar-refractivity contribution in [3.05, 3.63) is 0 Å². The molecule has 15 heavy (non-hydrogen) atoms. The zero-order chi connectivity index (χ0) is 11.5. The van der Waals surface area contributed by atoms with Crippen molar-refractivity contribution >= 4 is 11.9 Å². The minimum absolute atomic E-state index is 0.0104. The number of hydrogen-bond donors (Lipinski definition) is 1. The van der Waals surface area contributed by atoms with Gasteiger partial charge in [0.2, 0.25) is 0 Å². The summed E-state index contributed by atoms with van der Waals surface area (Å²) in [5.74, 6) is -1.27. The van der Waals surface area contributed by atoms with Gasteiger partial charge in [0, 0.05) is 19.3 Å². The van der Waals surface area contributed by atoms with E-state index in [1.165, 1.54) is 0 Å². The van der Waals surface area contributed by atoms with Crippen LogP contribution in [0.4, 0.5) is 0 Å². The number of rotatable bonds is 8. The highest BCUT2D eigenvalue weighted by Gasteiger charge is 2.04. The highest BCUT2D eigenvalue weighted by Crippen LogP contribution is 2.00. The van der Waals surface area contributed by atoms with E-state index in [-0.39, 0.29) is 18.8 Å². The van der Waals surface area contributed by atoms with E-state index in [9.17, 15) is 9.59 Å². The molecule has 0 saturated carbocycles. The third-order valence-corrected chi connectivity index (χ3v) is 1.72. The average Bonchev–Trinajstić information content (AvgIpc) is 2.17. The minimum Gasteiger partial charge on any atom is -0.481 e. The van der Waals surface area contributed by atoms with Gasteiger partial charge in [0.1, 0.15) is 0 Å². The zero-order valence-electron chi connectivity index (χ0n) is 8.57. The maximum atomic E-state index is 11.0. The summed E-state index contributed by atoms with van der Waals surface area (Å²) in [5, 5.41) is 16.5. The first-order valence-corrected chi connectivity index (χ1v) is 4.91. The lowest BCUT2D eigenvalue weighted by Crippen LogP contribution is -2.06. The van der Waals surface area contributed by atoms with Crippen molar-refractivity contribution in [1.82, 2.24) is 0 Å². The molecule has 0 aromatic rings. The summed E-state index contributed by atoms with van der Waals surface area (Å²) in [6.45, 7) is 0.313. The Morgan fingerprint density at radius 3 is 2.53 bits per heavy atom. The van der Waals surface area contributed by atoms with Crippen molar-refractivity contribution in [2.24, 2.45) is 0 Å². The molecule has 0 radical (unpaired) electrons. The van der Waals surface area contributed by atoms with Crippen LogP contribution in [-0.4, -0.2) is 23.7 Å². The van der Waals surface area contributed by atoms with Gasteiger partial charge in [0.05, 0.1) is 12.7 Å². The molecular formula is C10H15NO4. The standard InChI is InChI=1S/C10H15NO4/c11-7-2-1-3-8-15-10(14)6-4-5-9(12)13/h1-6,8H2,(H,12,13). The van der Waals surface area contributed by atoms with Crippen LogP contribution >= 0.6 is 0 Å². The fraction of sp³-hybridized carbons (Fsp3) is 0.700. The van der Waals surface area contributed by atoms with E-state index < -0.39 is 5.97 Å². The van der Waals surface area contributed by atoms with Gasteiger partial charge in [0.15, 0.2) is 0 Å². The lowest BCUT2D eigenvalue weighted by atomic mass is 10.2. The molecule has 1 N–H and O–H groups in total. The van der Waals surface area contributed by atoms with Gasteiger partial charge in [-0.2, -0.15) is 5.26 Å². The monoisotopic (exact) mass is 213 g/mol. The molecule has 0 spiro atoms.